The molecule has 4 aromatic rings. The van der Waals surface area contributed by atoms with Gasteiger partial charge in [-0.2, -0.15) is 18.2 Å². The van der Waals surface area contributed by atoms with Gasteiger partial charge in [0.05, 0.1) is 11.4 Å². The van der Waals surface area contributed by atoms with Gasteiger partial charge in [0.15, 0.2) is 0 Å². The molecule has 0 aliphatic carbocycles. The summed E-state index contributed by atoms with van der Waals surface area (Å²) in [6, 6.07) is 10.8. The number of nitrogens with zero attached hydrogens (tertiary/aromatic N) is 5. The second-order valence-corrected chi connectivity index (χ2v) is 10.7. The minimum absolute atomic E-state index is 0.00473. The van der Waals surface area contributed by atoms with Crippen molar-refractivity contribution in [1.29, 1.82) is 0 Å². The average Bonchev–Trinajstić information content (AvgIpc) is 3.51. The Balaban J connectivity index is 1.20. The molecule has 196 valence electrons. The van der Waals surface area contributed by atoms with Crippen molar-refractivity contribution in [3.8, 4) is 16.5 Å². The highest BCUT2D eigenvalue weighted by Crippen LogP contribution is 2.33. The maximum atomic E-state index is 12.7. The number of thiazole rings is 1. The molecule has 0 bridgehead atoms. The Bertz CT molecular complexity index is 1450. The largest absolute Gasteiger partial charge is 0.467 e. The number of fused-ring (bicyclic) bond motifs is 1. The smallest absolute Gasteiger partial charge is 0.455 e. The van der Waals surface area contributed by atoms with Crippen LogP contribution < -0.4 is 9.64 Å². The van der Waals surface area contributed by atoms with Crippen molar-refractivity contribution in [1.82, 2.24) is 20.1 Å². The molecule has 1 saturated heterocycles. The second kappa shape index (κ2) is 10.2. The standard InChI is InChI=1S/C23H22F3N5O4S2/c1-13(15-8-10-31(11-9-15)21-29-20(30-35-21)23(24,25)26)34-22-28-18-7-6-17(27-19(18)36-22)16-4-2-14(3-5-16)12-37(32)33/h2-7,13,15,37H,8-12H2,1H3. The van der Waals surface area contributed by atoms with Gasteiger partial charge in [0.1, 0.15) is 27.2 Å². The molecule has 0 spiro atoms. The topological polar surface area (TPSA) is 111 Å². The highest BCUT2D eigenvalue weighted by Gasteiger charge is 2.38. The quantitative estimate of drug-likeness (QED) is 0.329. The van der Waals surface area contributed by atoms with Crippen LogP contribution in [0.3, 0.4) is 0 Å². The monoisotopic (exact) mass is 553 g/mol. The molecule has 1 aliphatic rings. The van der Waals surface area contributed by atoms with Gasteiger partial charge in [0, 0.05) is 18.7 Å². The molecule has 0 saturated carbocycles. The number of halogens is 3. The first-order valence-electron chi connectivity index (χ1n) is 11.5. The molecule has 14 heteroatoms. The Morgan fingerprint density at radius 2 is 1.84 bits per heavy atom. The number of pyridine rings is 1. The van der Waals surface area contributed by atoms with Crippen molar-refractivity contribution in [2.75, 3.05) is 18.0 Å². The zero-order chi connectivity index (χ0) is 26.2. The number of hydrogen-bond donors (Lipinski definition) is 1. The fourth-order valence-electron chi connectivity index (χ4n) is 4.21. The van der Waals surface area contributed by atoms with Crippen LogP contribution >= 0.6 is 11.3 Å². The lowest BCUT2D eigenvalue weighted by Crippen LogP contribution is -2.38. The number of benzene rings is 1. The van der Waals surface area contributed by atoms with Crippen molar-refractivity contribution in [3.63, 3.8) is 0 Å². The molecular weight excluding hydrogens is 531 g/mol. The minimum atomic E-state index is -4.64. The van der Waals surface area contributed by atoms with Gasteiger partial charge < -0.3 is 14.2 Å². The van der Waals surface area contributed by atoms with Crippen LogP contribution in [0.5, 0.6) is 5.19 Å². The van der Waals surface area contributed by atoms with Crippen LogP contribution in [-0.4, -0.2) is 47.7 Å². The van der Waals surface area contributed by atoms with E-state index in [-0.39, 0.29) is 23.8 Å². The summed E-state index contributed by atoms with van der Waals surface area (Å²) in [5, 5.41) is 3.52. The summed E-state index contributed by atoms with van der Waals surface area (Å²) in [7, 11) is -2.48. The van der Waals surface area contributed by atoms with E-state index >= 15 is 0 Å². The summed E-state index contributed by atoms with van der Waals surface area (Å²) in [5.74, 6) is -1.09. The Kier molecular flexibility index (Phi) is 7.03. The van der Waals surface area contributed by atoms with E-state index in [0.717, 1.165) is 21.7 Å². The molecule has 0 radical (unpaired) electrons. The first-order chi connectivity index (χ1) is 17.7. The van der Waals surface area contributed by atoms with Crippen molar-refractivity contribution in [3.05, 3.63) is 47.8 Å². The van der Waals surface area contributed by atoms with Gasteiger partial charge in [-0.15, -0.1) is 0 Å². The lowest BCUT2D eigenvalue weighted by atomic mass is 9.92. The van der Waals surface area contributed by atoms with E-state index in [0.29, 0.717) is 36.6 Å². The predicted molar refractivity (Wildman–Crippen MR) is 131 cm³/mol. The van der Waals surface area contributed by atoms with Crippen LogP contribution in [0.2, 0.25) is 0 Å². The second-order valence-electron chi connectivity index (χ2n) is 8.73. The SMILES string of the molecule is CC(Oc1nc2ccc(-c3ccc(C[SH](=O)=O)cc3)nc2s1)C1CCN(c2nc(C(F)(F)F)no2)CC1. The number of rotatable bonds is 7. The van der Waals surface area contributed by atoms with E-state index in [4.69, 9.17) is 9.26 Å². The van der Waals surface area contributed by atoms with E-state index in [1.807, 2.05) is 31.2 Å². The third-order valence-corrected chi connectivity index (χ3v) is 7.71. The summed E-state index contributed by atoms with van der Waals surface area (Å²) in [5.41, 5.74) is 3.04. The molecule has 9 nitrogen and oxygen atoms in total. The van der Waals surface area contributed by atoms with Crippen molar-refractivity contribution >= 4 is 38.4 Å². The zero-order valence-electron chi connectivity index (χ0n) is 19.5. The van der Waals surface area contributed by atoms with Crippen LogP contribution in [0.1, 0.15) is 31.2 Å². The molecule has 4 heterocycles. The third-order valence-electron chi connectivity index (χ3n) is 6.23. The maximum absolute atomic E-state index is 12.7. The van der Waals surface area contributed by atoms with Gasteiger partial charge in [-0.1, -0.05) is 35.6 Å². The highest BCUT2D eigenvalue weighted by atomic mass is 32.2. The lowest BCUT2D eigenvalue weighted by molar-refractivity contribution is -0.146. The van der Waals surface area contributed by atoms with Gasteiger partial charge in [0.2, 0.25) is 0 Å². The maximum Gasteiger partial charge on any atom is 0.455 e. The fourth-order valence-corrected chi connectivity index (χ4v) is 5.59. The fraction of sp³-hybridized carbons (Fsp3) is 0.391. The van der Waals surface area contributed by atoms with E-state index in [1.54, 1.807) is 17.0 Å². The summed E-state index contributed by atoms with van der Waals surface area (Å²) in [4.78, 5) is 15.1. The summed E-state index contributed by atoms with van der Waals surface area (Å²) < 4.78 is 70.9. The molecule has 0 amide bonds. The van der Waals surface area contributed by atoms with Crippen molar-refractivity contribution < 1.29 is 30.8 Å². The van der Waals surface area contributed by atoms with E-state index in [9.17, 15) is 21.6 Å². The molecule has 5 rings (SSSR count). The first kappa shape index (κ1) is 25.4. The third kappa shape index (κ3) is 5.85. The van der Waals surface area contributed by atoms with Gasteiger partial charge in [-0.25, -0.2) is 18.4 Å². The minimum Gasteiger partial charge on any atom is -0.467 e. The number of alkyl halides is 3. The van der Waals surface area contributed by atoms with E-state index in [1.165, 1.54) is 11.3 Å². The number of anilines is 1. The number of hydrogen-bond acceptors (Lipinski definition) is 10. The molecule has 1 aromatic carbocycles. The Hall–Kier alpha value is -3.26. The van der Waals surface area contributed by atoms with E-state index < -0.39 is 22.7 Å². The van der Waals surface area contributed by atoms with Gasteiger partial charge in [0.25, 0.3) is 11.0 Å². The number of ether oxygens (including phenoxy) is 1. The van der Waals surface area contributed by atoms with Gasteiger partial charge in [-0.05, 0) is 48.5 Å². The number of piperidine rings is 1. The molecule has 37 heavy (non-hydrogen) atoms. The van der Waals surface area contributed by atoms with E-state index in [2.05, 4.69) is 20.1 Å². The molecule has 1 fully saturated rings. The molecule has 3 aromatic heterocycles. The molecule has 1 unspecified atom stereocenters. The summed E-state index contributed by atoms with van der Waals surface area (Å²) in [6.07, 6.45) is -3.42. The van der Waals surface area contributed by atoms with Gasteiger partial charge >= 0.3 is 12.2 Å². The zero-order valence-corrected chi connectivity index (χ0v) is 21.2. The molecule has 0 N–H and O–H groups in total. The van der Waals surface area contributed by atoms with Crippen LogP contribution in [0.15, 0.2) is 40.9 Å². The molecular formula is C23H22F3N5O4S2. The Morgan fingerprint density at radius 1 is 1.11 bits per heavy atom. The Morgan fingerprint density at radius 3 is 2.49 bits per heavy atom. The predicted octanol–water partition coefficient (Wildman–Crippen LogP) is 4.56. The van der Waals surface area contributed by atoms with Gasteiger partial charge in [-0.3, -0.25) is 0 Å². The Labute approximate surface area is 215 Å². The molecule has 1 aliphatic heterocycles. The summed E-state index contributed by atoms with van der Waals surface area (Å²) >= 11 is 1.34. The average molecular weight is 554 g/mol. The first-order valence-corrected chi connectivity index (χ1v) is 13.6. The number of thiol groups is 1. The van der Waals surface area contributed by atoms with Crippen LogP contribution in [0, 0.1) is 5.92 Å². The summed E-state index contributed by atoms with van der Waals surface area (Å²) in [6.45, 7) is 2.91. The normalized spacial score (nSPS) is 16.0. The van der Waals surface area contributed by atoms with Crippen LogP contribution in [0.4, 0.5) is 19.2 Å². The highest BCUT2D eigenvalue weighted by molar-refractivity contribution is 7.71. The van der Waals surface area contributed by atoms with Crippen molar-refractivity contribution in [2.45, 2.75) is 37.8 Å². The molecule has 1 atom stereocenters. The van der Waals surface area contributed by atoms with Crippen LogP contribution in [-0.2, 0) is 22.6 Å². The van der Waals surface area contributed by atoms with Crippen molar-refractivity contribution in [2.24, 2.45) is 5.92 Å². The lowest BCUT2D eigenvalue weighted by Gasteiger charge is -2.33. The van der Waals surface area contributed by atoms with Crippen LogP contribution in [0.25, 0.3) is 21.6 Å². The number of aromatic nitrogens is 4.